The lowest BCUT2D eigenvalue weighted by atomic mass is 10.1. The molecule has 4 nitrogen and oxygen atoms in total. The Morgan fingerprint density at radius 1 is 1.37 bits per heavy atom. The number of rotatable bonds is 5. The summed E-state index contributed by atoms with van der Waals surface area (Å²) in [7, 11) is 1.63. The average molecular weight is 262 g/mol. The van der Waals surface area contributed by atoms with Gasteiger partial charge in [-0.1, -0.05) is 6.07 Å². The molecule has 1 aliphatic heterocycles. The molecule has 0 spiro atoms. The van der Waals surface area contributed by atoms with E-state index >= 15 is 0 Å². The molecule has 4 heteroatoms. The molecule has 1 heterocycles. The first-order valence-electron chi connectivity index (χ1n) is 6.85. The molecule has 1 amide bonds. The third kappa shape index (κ3) is 3.26. The number of benzene rings is 1. The van der Waals surface area contributed by atoms with Crippen molar-refractivity contribution in [2.45, 2.75) is 19.8 Å². The van der Waals surface area contributed by atoms with Crippen molar-refractivity contribution in [1.29, 1.82) is 0 Å². The summed E-state index contributed by atoms with van der Waals surface area (Å²) in [5, 5.41) is 2.88. The van der Waals surface area contributed by atoms with Crippen LogP contribution < -0.4 is 10.2 Å². The molecule has 1 aliphatic rings. The van der Waals surface area contributed by atoms with Gasteiger partial charge in [-0.25, -0.2) is 0 Å². The van der Waals surface area contributed by atoms with E-state index in [1.807, 2.05) is 19.1 Å². The van der Waals surface area contributed by atoms with Crippen LogP contribution in [0.2, 0.25) is 0 Å². The van der Waals surface area contributed by atoms with Gasteiger partial charge in [0.25, 0.3) is 5.91 Å². The number of methoxy groups -OCH3 is 1. The zero-order valence-corrected chi connectivity index (χ0v) is 11.7. The summed E-state index contributed by atoms with van der Waals surface area (Å²) in [6, 6.07) is 5.95. The van der Waals surface area contributed by atoms with Crippen LogP contribution in [0.1, 0.15) is 28.8 Å². The Morgan fingerprint density at radius 2 is 2.11 bits per heavy atom. The summed E-state index contributed by atoms with van der Waals surface area (Å²) in [6.45, 7) is 5.30. The van der Waals surface area contributed by atoms with Crippen molar-refractivity contribution in [2.24, 2.45) is 0 Å². The number of carbonyl (C=O) groups is 1. The largest absolute Gasteiger partial charge is 0.383 e. The number of nitrogens with zero attached hydrogens (tertiary/aromatic N) is 1. The lowest BCUT2D eigenvalue weighted by Gasteiger charge is -2.21. The van der Waals surface area contributed by atoms with Gasteiger partial charge in [-0.3, -0.25) is 4.79 Å². The van der Waals surface area contributed by atoms with E-state index in [4.69, 9.17) is 4.74 Å². The smallest absolute Gasteiger partial charge is 0.251 e. The highest BCUT2D eigenvalue weighted by Gasteiger charge is 2.17. The first-order chi connectivity index (χ1) is 9.24. The van der Waals surface area contributed by atoms with Gasteiger partial charge in [-0.15, -0.1) is 0 Å². The van der Waals surface area contributed by atoms with Crippen LogP contribution in [0.5, 0.6) is 0 Å². The van der Waals surface area contributed by atoms with Crippen molar-refractivity contribution in [3.05, 3.63) is 29.3 Å². The lowest BCUT2D eigenvalue weighted by Crippen LogP contribution is -2.28. The van der Waals surface area contributed by atoms with E-state index in [1.165, 1.54) is 18.5 Å². The molecule has 1 fully saturated rings. The second-order valence-electron chi connectivity index (χ2n) is 4.89. The van der Waals surface area contributed by atoms with Gasteiger partial charge < -0.3 is 15.0 Å². The highest BCUT2D eigenvalue weighted by molar-refractivity contribution is 5.97. The number of anilines is 1. The van der Waals surface area contributed by atoms with Crippen molar-refractivity contribution >= 4 is 11.6 Å². The Balaban J connectivity index is 2.12. The Kier molecular flexibility index (Phi) is 4.80. The molecule has 0 radical (unpaired) electrons. The lowest BCUT2D eigenvalue weighted by molar-refractivity contribution is 0.0936. The van der Waals surface area contributed by atoms with Crippen molar-refractivity contribution in [3.63, 3.8) is 0 Å². The van der Waals surface area contributed by atoms with Gasteiger partial charge >= 0.3 is 0 Å². The zero-order valence-electron chi connectivity index (χ0n) is 11.7. The molecule has 104 valence electrons. The predicted molar refractivity (Wildman–Crippen MR) is 76.8 cm³/mol. The third-order valence-corrected chi connectivity index (χ3v) is 3.59. The van der Waals surface area contributed by atoms with Gasteiger partial charge in [0.15, 0.2) is 0 Å². The standard InChI is InChI=1S/C15H22N2O2/c1-12-13(15(18)16-8-11-19-2)6-5-7-14(12)17-9-3-4-10-17/h5-7H,3-4,8-11H2,1-2H3,(H,16,18). The maximum Gasteiger partial charge on any atom is 0.251 e. The molecule has 1 saturated heterocycles. The Labute approximate surface area is 114 Å². The summed E-state index contributed by atoms with van der Waals surface area (Å²) >= 11 is 0. The second-order valence-corrected chi connectivity index (χ2v) is 4.89. The van der Waals surface area contributed by atoms with Crippen molar-refractivity contribution in [1.82, 2.24) is 5.32 Å². The normalized spacial score (nSPS) is 14.7. The summed E-state index contributed by atoms with van der Waals surface area (Å²) in [5.74, 6) is -0.0180. The van der Waals surface area contributed by atoms with E-state index in [0.29, 0.717) is 13.2 Å². The fourth-order valence-corrected chi connectivity index (χ4v) is 2.53. The Hall–Kier alpha value is -1.55. The average Bonchev–Trinajstić information content (AvgIpc) is 2.93. The molecule has 0 saturated carbocycles. The number of ether oxygens (including phenoxy) is 1. The van der Waals surface area contributed by atoms with E-state index < -0.39 is 0 Å². The predicted octanol–water partition coefficient (Wildman–Crippen LogP) is 1.97. The summed E-state index contributed by atoms with van der Waals surface area (Å²) in [4.78, 5) is 14.5. The molecular formula is C15H22N2O2. The SMILES string of the molecule is COCCNC(=O)c1cccc(N2CCCC2)c1C. The number of carbonyl (C=O) groups excluding carboxylic acids is 1. The quantitative estimate of drug-likeness (QED) is 0.825. The van der Waals surface area contributed by atoms with Gasteiger partial charge in [-0.2, -0.15) is 0 Å². The first-order valence-corrected chi connectivity index (χ1v) is 6.85. The molecule has 0 bridgehead atoms. The monoisotopic (exact) mass is 262 g/mol. The second kappa shape index (κ2) is 6.57. The molecule has 0 atom stereocenters. The molecule has 0 aliphatic carbocycles. The maximum atomic E-state index is 12.1. The van der Waals surface area contributed by atoms with Crippen LogP contribution in [0.25, 0.3) is 0 Å². The van der Waals surface area contributed by atoms with E-state index in [9.17, 15) is 4.79 Å². The molecule has 0 aromatic heterocycles. The van der Waals surface area contributed by atoms with Gasteiger partial charge in [0.05, 0.1) is 6.61 Å². The fraction of sp³-hybridized carbons (Fsp3) is 0.533. The molecule has 2 rings (SSSR count). The van der Waals surface area contributed by atoms with Crippen LogP contribution in [0.4, 0.5) is 5.69 Å². The highest BCUT2D eigenvalue weighted by Crippen LogP contribution is 2.26. The van der Waals surface area contributed by atoms with Crippen molar-refractivity contribution in [2.75, 3.05) is 38.3 Å². The number of hydrogen-bond acceptors (Lipinski definition) is 3. The highest BCUT2D eigenvalue weighted by atomic mass is 16.5. The topological polar surface area (TPSA) is 41.6 Å². The molecule has 1 N–H and O–H groups in total. The maximum absolute atomic E-state index is 12.1. The minimum Gasteiger partial charge on any atom is -0.383 e. The van der Waals surface area contributed by atoms with Crippen LogP contribution in [0.15, 0.2) is 18.2 Å². The van der Waals surface area contributed by atoms with E-state index in [1.54, 1.807) is 7.11 Å². The number of amides is 1. The van der Waals surface area contributed by atoms with E-state index in [2.05, 4.69) is 16.3 Å². The van der Waals surface area contributed by atoms with Gasteiger partial charge in [0, 0.05) is 38.0 Å². The van der Waals surface area contributed by atoms with E-state index in [-0.39, 0.29) is 5.91 Å². The van der Waals surface area contributed by atoms with Crippen molar-refractivity contribution < 1.29 is 9.53 Å². The molecule has 0 unspecified atom stereocenters. The van der Waals surface area contributed by atoms with Crippen LogP contribution in [-0.2, 0) is 4.74 Å². The van der Waals surface area contributed by atoms with Crippen LogP contribution in [0, 0.1) is 6.92 Å². The van der Waals surface area contributed by atoms with Crippen LogP contribution >= 0.6 is 0 Å². The first kappa shape index (κ1) is 13.9. The number of nitrogens with one attached hydrogen (secondary N) is 1. The van der Waals surface area contributed by atoms with E-state index in [0.717, 1.165) is 24.2 Å². The summed E-state index contributed by atoms with van der Waals surface area (Å²) < 4.78 is 4.94. The third-order valence-electron chi connectivity index (χ3n) is 3.59. The van der Waals surface area contributed by atoms with Crippen LogP contribution in [0.3, 0.4) is 0 Å². The van der Waals surface area contributed by atoms with Crippen LogP contribution in [-0.4, -0.2) is 39.3 Å². The summed E-state index contributed by atoms with van der Waals surface area (Å²) in [5.41, 5.74) is 3.02. The Morgan fingerprint density at radius 3 is 2.79 bits per heavy atom. The molecule has 19 heavy (non-hydrogen) atoms. The van der Waals surface area contributed by atoms with Gasteiger partial charge in [0.1, 0.15) is 0 Å². The number of hydrogen-bond donors (Lipinski definition) is 1. The van der Waals surface area contributed by atoms with Crippen molar-refractivity contribution in [3.8, 4) is 0 Å². The zero-order chi connectivity index (χ0) is 13.7. The summed E-state index contributed by atoms with van der Waals surface area (Å²) in [6.07, 6.45) is 2.48. The minimum atomic E-state index is -0.0180. The van der Waals surface area contributed by atoms with Gasteiger partial charge in [-0.05, 0) is 37.5 Å². The molecule has 1 aromatic carbocycles. The molecular weight excluding hydrogens is 240 g/mol. The minimum absolute atomic E-state index is 0.0180. The molecule has 1 aromatic rings. The van der Waals surface area contributed by atoms with Gasteiger partial charge in [0.2, 0.25) is 0 Å². The Bertz CT molecular complexity index is 440. The fourth-order valence-electron chi connectivity index (χ4n) is 2.53.